The first-order valence-corrected chi connectivity index (χ1v) is 8.44. The number of hydrogen-bond donors (Lipinski definition) is 2. The molecule has 0 spiro atoms. The Labute approximate surface area is 163 Å². The van der Waals surface area contributed by atoms with Crippen molar-refractivity contribution in [2.75, 3.05) is 26.2 Å². The number of carbonyl (C=O) groups is 1. The Morgan fingerprint density at radius 1 is 1.35 bits per heavy atom. The monoisotopic (exact) mass is 494 g/mol. The summed E-state index contributed by atoms with van der Waals surface area (Å²) in [5.41, 5.74) is 6.64. The summed E-state index contributed by atoms with van der Waals surface area (Å²) in [6, 6.07) is 7.27. The molecule has 0 saturated carbocycles. The van der Waals surface area contributed by atoms with E-state index >= 15 is 0 Å². The van der Waals surface area contributed by atoms with Crippen molar-refractivity contribution in [1.29, 1.82) is 0 Å². The number of rotatable bonds is 4. The molecule has 3 N–H and O–H groups in total. The van der Waals surface area contributed by atoms with Crippen LogP contribution in [0, 0.1) is 5.92 Å². The Balaban J connectivity index is 0.00000264. The third kappa shape index (κ3) is 6.66. The molecule has 0 bridgehead atoms. The first-order valence-electron chi connectivity index (χ1n) is 7.65. The summed E-state index contributed by atoms with van der Waals surface area (Å²) in [6.07, 6.45) is 2.33. The Kier molecular flexibility index (Phi) is 8.90. The number of nitrogens with zero attached hydrogens (tertiary/aromatic N) is 2. The van der Waals surface area contributed by atoms with Gasteiger partial charge in [-0.1, -0.05) is 22.9 Å². The second kappa shape index (κ2) is 10.1. The molecule has 7 heteroatoms. The van der Waals surface area contributed by atoms with E-state index in [0.717, 1.165) is 36.3 Å². The molecule has 23 heavy (non-hydrogen) atoms. The van der Waals surface area contributed by atoms with E-state index in [1.807, 2.05) is 12.1 Å². The molecule has 1 saturated heterocycles. The summed E-state index contributed by atoms with van der Waals surface area (Å²) in [5.74, 6) is 1.27. The molecule has 0 unspecified atom stereocenters. The minimum absolute atomic E-state index is 0. The first-order chi connectivity index (χ1) is 10.6. The van der Waals surface area contributed by atoms with Crippen LogP contribution in [0.1, 0.15) is 30.1 Å². The van der Waals surface area contributed by atoms with Gasteiger partial charge in [0.15, 0.2) is 5.96 Å². The summed E-state index contributed by atoms with van der Waals surface area (Å²) in [5, 5.41) is 2.85. The van der Waals surface area contributed by atoms with Crippen molar-refractivity contribution < 1.29 is 4.79 Å². The average molecular weight is 495 g/mol. The van der Waals surface area contributed by atoms with Crippen molar-refractivity contribution in [2.45, 2.75) is 19.8 Å². The van der Waals surface area contributed by atoms with E-state index in [-0.39, 0.29) is 29.9 Å². The number of nitrogens with two attached hydrogens (primary N) is 1. The molecular weight excluding hydrogens is 471 g/mol. The molecule has 1 heterocycles. The van der Waals surface area contributed by atoms with Gasteiger partial charge in [-0.25, -0.2) is 0 Å². The van der Waals surface area contributed by atoms with Crippen molar-refractivity contribution in [3.8, 4) is 0 Å². The summed E-state index contributed by atoms with van der Waals surface area (Å²) in [4.78, 5) is 18.4. The highest BCUT2D eigenvalue weighted by atomic mass is 127. The number of halogens is 2. The van der Waals surface area contributed by atoms with Gasteiger partial charge in [-0.05, 0) is 43.0 Å². The van der Waals surface area contributed by atoms with E-state index in [2.05, 4.69) is 38.1 Å². The lowest BCUT2D eigenvalue weighted by Crippen LogP contribution is -2.42. The molecule has 0 atom stereocenters. The van der Waals surface area contributed by atoms with Gasteiger partial charge < -0.3 is 16.0 Å². The second-order valence-electron chi connectivity index (χ2n) is 5.67. The van der Waals surface area contributed by atoms with E-state index in [4.69, 9.17) is 5.73 Å². The van der Waals surface area contributed by atoms with Crippen LogP contribution in [-0.4, -0.2) is 42.9 Å². The van der Waals surface area contributed by atoms with Crippen LogP contribution in [0.3, 0.4) is 0 Å². The molecule has 0 radical (unpaired) electrons. The van der Waals surface area contributed by atoms with Crippen LogP contribution in [0.25, 0.3) is 0 Å². The lowest BCUT2D eigenvalue weighted by molar-refractivity contribution is 0.0954. The van der Waals surface area contributed by atoms with Crippen molar-refractivity contribution in [3.05, 3.63) is 34.3 Å². The summed E-state index contributed by atoms with van der Waals surface area (Å²) >= 11 is 3.35. The van der Waals surface area contributed by atoms with Crippen LogP contribution in [-0.2, 0) is 0 Å². The Bertz CT molecular complexity index is 527. The molecule has 2 rings (SSSR count). The van der Waals surface area contributed by atoms with Gasteiger partial charge in [0.25, 0.3) is 5.91 Å². The lowest BCUT2D eigenvalue weighted by Gasteiger charge is -2.31. The van der Waals surface area contributed by atoms with Gasteiger partial charge in [-0.2, -0.15) is 0 Å². The van der Waals surface area contributed by atoms with Gasteiger partial charge >= 0.3 is 0 Å². The first kappa shape index (κ1) is 20.2. The molecule has 128 valence electrons. The van der Waals surface area contributed by atoms with Crippen LogP contribution in [0.15, 0.2) is 33.7 Å². The Morgan fingerprint density at radius 3 is 2.57 bits per heavy atom. The van der Waals surface area contributed by atoms with Gasteiger partial charge in [-0.3, -0.25) is 9.79 Å². The summed E-state index contributed by atoms with van der Waals surface area (Å²) in [7, 11) is 0. The largest absolute Gasteiger partial charge is 0.370 e. The smallest absolute Gasteiger partial charge is 0.251 e. The number of benzene rings is 1. The van der Waals surface area contributed by atoms with Crippen LogP contribution in [0.4, 0.5) is 0 Å². The second-order valence-corrected chi connectivity index (χ2v) is 6.59. The minimum Gasteiger partial charge on any atom is -0.370 e. The quantitative estimate of drug-likeness (QED) is 0.292. The van der Waals surface area contributed by atoms with Crippen molar-refractivity contribution in [3.63, 3.8) is 0 Å². The van der Waals surface area contributed by atoms with Crippen LogP contribution in [0.2, 0.25) is 0 Å². The van der Waals surface area contributed by atoms with Crippen molar-refractivity contribution in [1.82, 2.24) is 10.2 Å². The zero-order valence-corrected chi connectivity index (χ0v) is 17.2. The van der Waals surface area contributed by atoms with Crippen molar-refractivity contribution >= 4 is 51.8 Å². The molecule has 0 aromatic heterocycles. The predicted molar refractivity (Wildman–Crippen MR) is 108 cm³/mol. The number of amides is 1. The fourth-order valence-corrected chi connectivity index (χ4v) is 2.65. The number of guanidine groups is 1. The number of nitrogens with one attached hydrogen (secondary N) is 1. The molecule has 0 aliphatic carbocycles. The molecule has 1 aliphatic heterocycles. The fraction of sp³-hybridized carbons (Fsp3) is 0.500. The number of piperidine rings is 1. The molecule has 1 amide bonds. The van der Waals surface area contributed by atoms with Crippen molar-refractivity contribution in [2.24, 2.45) is 16.6 Å². The minimum atomic E-state index is -0.0898. The number of aliphatic imine (C=N–C) groups is 1. The van der Waals surface area contributed by atoms with Crippen LogP contribution < -0.4 is 11.1 Å². The lowest BCUT2D eigenvalue weighted by atomic mass is 10.00. The van der Waals surface area contributed by atoms with E-state index in [0.29, 0.717) is 24.6 Å². The molecule has 1 fully saturated rings. The molecule has 1 aromatic rings. The zero-order chi connectivity index (χ0) is 15.9. The summed E-state index contributed by atoms with van der Waals surface area (Å²) in [6.45, 7) is 5.20. The zero-order valence-electron chi connectivity index (χ0n) is 13.3. The Hall–Kier alpha value is -0.830. The van der Waals surface area contributed by atoms with Crippen LogP contribution in [0.5, 0.6) is 0 Å². The van der Waals surface area contributed by atoms with E-state index in [1.165, 1.54) is 0 Å². The molecule has 1 aromatic carbocycles. The predicted octanol–water partition coefficient (Wildman–Crippen LogP) is 2.84. The maximum Gasteiger partial charge on any atom is 0.251 e. The topological polar surface area (TPSA) is 70.7 Å². The van der Waals surface area contributed by atoms with E-state index < -0.39 is 0 Å². The Morgan fingerprint density at radius 2 is 1.96 bits per heavy atom. The average Bonchev–Trinajstić information content (AvgIpc) is 2.52. The number of carbonyl (C=O) groups excluding carboxylic acids is 1. The summed E-state index contributed by atoms with van der Waals surface area (Å²) < 4.78 is 0.956. The fourth-order valence-electron chi connectivity index (χ4n) is 2.38. The van der Waals surface area contributed by atoms with Gasteiger partial charge in [0.2, 0.25) is 0 Å². The van der Waals surface area contributed by atoms with E-state index in [1.54, 1.807) is 12.1 Å². The highest BCUT2D eigenvalue weighted by molar-refractivity contribution is 14.0. The normalized spacial score (nSPS) is 15.9. The SMILES string of the molecule is CC1CCN(C(N)=NCCNC(=O)c2ccc(Br)cc2)CC1.I. The third-order valence-electron chi connectivity index (χ3n) is 3.89. The van der Waals surface area contributed by atoms with Gasteiger partial charge in [0.05, 0.1) is 6.54 Å². The van der Waals surface area contributed by atoms with Gasteiger partial charge in [0, 0.05) is 29.7 Å². The standard InChI is InChI=1S/C16H23BrN4O.HI/c1-12-6-10-21(11-7-12)16(18)20-9-8-19-15(22)13-2-4-14(17)5-3-13;/h2-5,12H,6-11H2,1H3,(H2,18,20)(H,19,22);1H. The third-order valence-corrected chi connectivity index (χ3v) is 4.41. The van der Waals surface area contributed by atoms with Gasteiger partial charge in [-0.15, -0.1) is 24.0 Å². The van der Waals surface area contributed by atoms with E-state index in [9.17, 15) is 4.79 Å². The molecule has 5 nitrogen and oxygen atoms in total. The highest BCUT2D eigenvalue weighted by Crippen LogP contribution is 2.15. The maximum absolute atomic E-state index is 11.9. The van der Waals surface area contributed by atoms with Gasteiger partial charge in [0.1, 0.15) is 0 Å². The highest BCUT2D eigenvalue weighted by Gasteiger charge is 2.16. The maximum atomic E-state index is 11.9. The molecule has 1 aliphatic rings. The molecular formula is C16H24BrIN4O. The number of likely N-dealkylation sites (tertiary alicyclic amines) is 1. The van der Waals surface area contributed by atoms with Crippen LogP contribution >= 0.6 is 39.9 Å². The number of hydrogen-bond acceptors (Lipinski definition) is 2.